The number of alkyl halides is 3. The number of halogens is 4. The van der Waals surface area contributed by atoms with Crippen LogP contribution in [0.3, 0.4) is 0 Å². The highest BCUT2D eigenvalue weighted by Gasteiger charge is 2.34. The average molecular weight is 254 g/mol. The summed E-state index contributed by atoms with van der Waals surface area (Å²) in [7, 11) is 1.48. The second-order valence-electron chi connectivity index (χ2n) is 3.30. The first kappa shape index (κ1) is 13.1. The van der Waals surface area contributed by atoms with Crippen molar-refractivity contribution < 1.29 is 18.3 Å². The van der Waals surface area contributed by atoms with Crippen LogP contribution in [-0.2, 0) is 6.18 Å². The minimum Gasteiger partial charge on any atom is -0.395 e. The van der Waals surface area contributed by atoms with Crippen molar-refractivity contribution in [1.29, 1.82) is 0 Å². The lowest BCUT2D eigenvalue weighted by Crippen LogP contribution is -2.24. The van der Waals surface area contributed by atoms with Crippen molar-refractivity contribution in [2.45, 2.75) is 6.18 Å². The van der Waals surface area contributed by atoms with Crippen molar-refractivity contribution in [2.75, 3.05) is 25.1 Å². The SMILES string of the molecule is CN(CCO)c1ccc(Cl)cc1C(F)(F)F. The molecule has 90 valence electrons. The Morgan fingerprint density at radius 1 is 1.38 bits per heavy atom. The standard InChI is InChI=1S/C10H11ClF3NO/c1-15(4-5-16)9-3-2-7(11)6-8(9)10(12,13)14/h2-3,6,16H,4-5H2,1H3. The molecule has 0 aliphatic rings. The number of anilines is 1. The Kier molecular flexibility index (Phi) is 4.04. The molecule has 6 heteroatoms. The molecule has 0 fully saturated rings. The molecule has 1 rings (SSSR count). The number of benzene rings is 1. The van der Waals surface area contributed by atoms with Crippen LogP contribution in [0.25, 0.3) is 0 Å². The molecule has 0 unspecified atom stereocenters. The Balaban J connectivity index is 3.18. The van der Waals surface area contributed by atoms with E-state index in [0.29, 0.717) is 0 Å². The average Bonchev–Trinajstić information content (AvgIpc) is 2.16. The molecule has 0 atom stereocenters. The van der Waals surface area contributed by atoms with E-state index in [1.165, 1.54) is 24.1 Å². The highest BCUT2D eigenvalue weighted by Crippen LogP contribution is 2.37. The maximum absolute atomic E-state index is 12.7. The molecule has 2 nitrogen and oxygen atoms in total. The molecule has 1 N–H and O–H groups in total. The maximum Gasteiger partial charge on any atom is 0.418 e. The van der Waals surface area contributed by atoms with E-state index in [2.05, 4.69) is 0 Å². The third kappa shape index (κ3) is 3.02. The summed E-state index contributed by atoms with van der Waals surface area (Å²) in [6, 6.07) is 3.56. The Labute approximate surface area is 96.2 Å². The van der Waals surface area contributed by atoms with Crippen molar-refractivity contribution in [1.82, 2.24) is 0 Å². The van der Waals surface area contributed by atoms with Gasteiger partial charge in [-0.15, -0.1) is 0 Å². The van der Waals surface area contributed by atoms with Crippen molar-refractivity contribution in [2.24, 2.45) is 0 Å². The number of likely N-dealkylation sites (N-methyl/N-ethyl adjacent to an activating group) is 1. The summed E-state index contributed by atoms with van der Waals surface area (Å²) < 4.78 is 38.0. The highest BCUT2D eigenvalue weighted by molar-refractivity contribution is 6.30. The normalized spacial score (nSPS) is 11.6. The topological polar surface area (TPSA) is 23.5 Å². The van der Waals surface area contributed by atoms with Crippen LogP contribution in [0.4, 0.5) is 18.9 Å². The van der Waals surface area contributed by atoms with Crippen LogP contribution >= 0.6 is 11.6 Å². The molecule has 0 spiro atoms. The number of hydrogen-bond acceptors (Lipinski definition) is 2. The minimum atomic E-state index is -4.45. The highest BCUT2D eigenvalue weighted by atomic mass is 35.5. The van der Waals surface area contributed by atoms with Crippen LogP contribution in [0.5, 0.6) is 0 Å². The van der Waals surface area contributed by atoms with Gasteiger partial charge in [-0.2, -0.15) is 13.2 Å². The van der Waals surface area contributed by atoms with E-state index < -0.39 is 11.7 Å². The fourth-order valence-electron chi connectivity index (χ4n) is 1.34. The molecule has 0 heterocycles. The Morgan fingerprint density at radius 3 is 2.50 bits per heavy atom. The summed E-state index contributed by atoms with van der Waals surface area (Å²) in [5.41, 5.74) is -0.790. The van der Waals surface area contributed by atoms with Crippen molar-refractivity contribution in [3.05, 3.63) is 28.8 Å². The zero-order chi connectivity index (χ0) is 12.3. The fraction of sp³-hybridized carbons (Fsp3) is 0.400. The van der Waals surface area contributed by atoms with E-state index in [-0.39, 0.29) is 23.9 Å². The fourth-order valence-corrected chi connectivity index (χ4v) is 1.51. The smallest absolute Gasteiger partial charge is 0.395 e. The Bertz CT molecular complexity index is 368. The largest absolute Gasteiger partial charge is 0.418 e. The van der Waals surface area contributed by atoms with E-state index >= 15 is 0 Å². The number of hydrogen-bond donors (Lipinski definition) is 1. The molecule has 0 aromatic heterocycles. The second kappa shape index (κ2) is 4.93. The predicted molar refractivity (Wildman–Crippen MR) is 56.8 cm³/mol. The molecule has 0 aliphatic heterocycles. The van der Waals surface area contributed by atoms with Crippen LogP contribution in [-0.4, -0.2) is 25.3 Å². The quantitative estimate of drug-likeness (QED) is 0.895. The molecule has 0 radical (unpaired) electrons. The van der Waals surface area contributed by atoms with Gasteiger partial charge in [0.25, 0.3) is 0 Å². The lowest BCUT2D eigenvalue weighted by molar-refractivity contribution is -0.137. The van der Waals surface area contributed by atoms with Gasteiger partial charge in [-0.3, -0.25) is 0 Å². The van der Waals surface area contributed by atoms with Crippen LogP contribution in [0.15, 0.2) is 18.2 Å². The minimum absolute atomic E-state index is 0.00551. The van der Waals surface area contributed by atoms with E-state index in [4.69, 9.17) is 16.7 Å². The second-order valence-corrected chi connectivity index (χ2v) is 3.74. The van der Waals surface area contributed by atoms with Crippen LogP contribution in [0.1, 0.15) is 5.56 Å². The van der Waals surface area contributed by atoms with E-state index in [0.717, 1.165) is 6.07 Å². The summed E-state index contributed by atoms with van der Waals surface area (Å²) in [5.74, 6) is 0. The Morgan fingerprint density at radius 2 is 2.00 bits per heavy atom. The zero-order valence-electron chi connectivity index (χ0n) is 8.55. The molecular formula is C10H11ClF3NO. The van der Waals surface area contributed by atoms with Gasteiger partial charge >= 0.3 is 6.18 Å². The summed E-state index contributed by atoms with van der Waals surface area (Å²) in [6.07, 6.45) is -4.45. The summed E-state index contributed by atoms with van der Waals surface area (Å²) in [4.78, 5) is 1.33. The van der Waals surface area contributed by atoms with Crippen LogP contribution < -0.4 is 4.90 Å². The predicted octanol–water partition coefficient (Wildman–Crippen LogP) is 2.79. The van der Waals surface area contributed by atoms with Gasteiger partial charge in [0.1, 0.15) is 0 Å². The van der Waals surface area contributed by atoms with Crippen molar-refractivity contribution in [3.63, 3.8) is 0 Å². The van der Waals surface area contributed by atoms with Crippen molar-refractivity contribution in [3.8, 4) is 0 Å². The summed E-state index contributed by atoms with van der Waals surface area (Å²) in [6.45, 7) is -0.0822. The number of aliphatic hydroxyl groups is 1. The van der Waals surface area contributed by atoms with Gasteiger partial charge in [-0.1, -0.05) is 11.6 Å². The third-order valence-corrected chi connectivity index (χ3v) is 2.35. The monoisotopic (exact) mass is 253 g/mol. The van der Waals surface area contributed by atoms with Gasteiger partial charge in [-0.25, -0.2) is 0 Å². The van der Waals surface area contributed by atoms with E-state index in [1.54, 1.807) is 0 Å². The molecule has 0 amide bonds. The van der Waals surface area contributed by atoms with Crippen molar-refractivity contribution >= 4 is 17.3 Å². The van der Waals surface area contributed by atoms with Crippen LogP contribution in [0.2, 0.25) is 5.02 Å². The maximum atomic E-state index is 12.7. The molecule has 0 aliphatic carbocycles. The molecule has 1 aromatic carbocycles. The molecule has 0 saturated heterocycles. The summed E-state index contributed by atoms with van der Waals surface area (Å²) >= 11 is 5.54. The molecule has 1 aromatic rings. The van der Waals surface area contributed by atoms with Gasteiger partial charge in [-0.05, 0) is 18.2 Å². The van der Waals surface area contributed by atoms with Gasteiger partial charge in [0.15, 0.2) is 0 Å². The lowest BCUT2D eigenvalue weighted by Gasteiger charge is -2.22. The first-order chi connectivity index (χ1) is 7.36. The third-order valence-electron chi connectivity index (χ3n) is 2.11. The first-order valence-electron chi connectivity index (χ1n) is 4.55. The van der Waals surface area contributed by atoms with Gasteiger partial charge in [0.2, 0.25) is 0 Å². The van der Waals surface area contributed by atoms with Gasteiger partial charge in [0, 0.05) is 24.3 Å². The molecular weight excluding hydrogens is 243 g/mol. The number of rotatable bonds is 3. The molecule has 0 bridgehead atoms. The van der Waals surface area contributed by atoms with Crippen LogP contribution in [0, 0.1) is 0 Å². The first-order valence-corrected chi connectivity index (χ1v) is 4.93. The summed E-state index contributed by atoms with van der Waals surface area (Å²) in [5, 5.41) is 8.73. The number of aliphatic hydroxyl groups excluding tert-OH is 1. The van der Waals surface area contributed by atoms with Gasteiger partial charge in [0.05, 0.1) is 12.2 Å². The zero-order valence-corrected chi connectivity index (χ0v) is 9.31. The van der Waals surface area contributed by atoms with Gasteiger partial charge < -0.3 is 10.0 Å². The van der Waals surface area contributed by atoms with E-state index in [1.807, 2.05) is 0 Å². The molecule has 16 heavy (non-hydrogen) atoms. The molecule has 0 saturated carbocycles. The van der Waals surface area contributed by atoms with E-state index in [9.17, 15) is 13.2 Å². The number of nitrogens with zero attached hydrogens (tertiary/aromatic N) is 1. The Hall–Kier alpha value is -0.940. The lowest BCUT2D eigenvalue weighted by atomic mass is 10.1.